The van der Waals surface area contributed by atoms with Crippen molar-refractivity contribution < 1.29 is 9.59 Å². The van der Waals surface area contributed by atoms with Gasteiger partial charge in [-0.1, -0.05) is 12.1 Å². The summed E-state index contributed by atoms with van der Waals surface area (Å²) < 4.78 is 0. The molecular formula is C24H37N5O2. The first-order valence-corrected chi connectivity index (χ1v) is 11.9. The van der Waals surface area contributed by atoms with Gasteiger partial charge in [0.25, 0.3) is 0 Å². The Labute approximate surface area is 186 Å². The molecule has 0 aliphatic carbocycles. The van der Waals surface area contributed by atoms with Crippen LogP contribution in [-0.4, -0.2) is 110 Å². The minimum atomic E-state index is 0.241. The molecule has 3 heterocycles. The van der Waals surface area contributed by atoms with Gasteiger partial charge in [0.15, 0.2) is 0 Å². The van der Waals surface area contributed by atoms with E-state index in [0.29, 0.717) is 13.1 Å². The van der Waals surface area contributed by atoms with E-state index in [-0.39, 0.29) is 11.8 Å². The van der Waals surface area contributed by atoms with Crippen molar-refractivity contribution in [3.05, 3.63) is 29.8 Å². The number of likely N-dealkylation sites (tertiary alicyclic amines) is 1. The zero-order chi connectivity index (χ0) is 21.6. The molecule has 0 aromatic heterocycles. The van der Waals surface area contributed by atoms with Crippen LogP contribution in [0.25, 0.3) is 0 Å². The van der Waals surface area contributed by atoms with Crippen molar-refractivity contribution in [3.8, 4) is 0 Å². The summed E-state index contributed by atoms with van der Waals surface area (Å²) in [5.41, 5.74) is 2.52. The number of nitrogens with zero attached hydrogens (tertiary/aromatic N) is 5. The molecule has 3 saturated heterocycles. The van der Waals surface area contributed by atoms with Crippen LogP contribution >= 0.6 is 0 Å². The Kier molecular flexibility index (Phi) is 7.45. The SMILES string of the molecule is Cc1cccc(N2CCN(C(=O)CN3CCCN(CC(=O)N4CCCC4)CC3)CC2)c1. The molecule has 0 radical (unpaired) electrons. The fourth-order valence-electron chi connectivity index (χ4n) is 4.93. The van der Waals surface area contributed by atoms with Crippen LogP contribution in [0.2, 0.25) is 0 Å². The Hall–Kier alpha value is -2.12. The molecule has 2 amide bonds. The summed E-state index contributed by atoms with van der Waals surface area (Å²) in [6.45, 7) is 12.0. The number of piperazine rings is 1. The fraction of sp³-hybridized carbons (Fsp3) is 0.667. The molecule has 170 valence electrons. The zero-order valence-electron chi connectivity index (χ0n) is 19.0. The number of hydrogen-bond acceptors (Lipinski definition) is 5. The van der Waals surface area contributed by atoms with Crippen LogP contribution in [0.3, 0.4) is 0 Å². The molecule has 0 atom stereocenters. The van der Waals surface area contributed by atoms with Crippen LogP contribution in [0.15, 0.2) is 24.3 Å². The minimum Gasteiger partial charge on any atom is -0.368 e. The normalized spacial score (nSPS) is 21.4. The molecule has 3 aliphatic rings. The number of anilines is 1. The maximum Gasteiger partial charge on any atom is 0.236 e. The third-order valence-electron chi connectivity index (χ3n) is 6.86. The highest BCUT2D eigenvalue weighted by atomic mass is 16.2. The lowest BCUT2D eigenvalue weighted by Crippen LogP contribution is -2.51. The lowest BCUT2D eigenvalue weighted by atomic mass is 10.2. The van der Waals surface area contributed by atoms with Crippen molar-refractivity contribution in [1.29, 1.82) is 0 Å². The van der Waals surface area contributed by atoms with Gasteiger partial charge in [-0.25, -0.2) is 0 Å². The highest BCUT2D eigenvalue weighted by Crippen LogP contribution is 2.18. The Balaban J connectivity index is 1.20. The molecular weight excluding hydrogens is 390 g/mol. The minimum absolute atomic E-state index is 0.241. The number of benzene rings is 1. The molecule has 4 rings (SSSR count). The predicted octanol–water partition coefficient (Wildman–Crippen LogP) is 1.27. The van der Waals surface area contributed by atoms with Gasteiger partial charge in [-0.05, 0) is 57.0 Å². The van der Waals surface area contributed by atoms with Gasteiger partial charge in [0.2, 0.25) is 11.8 Å². The van der Waals surface area contributed by atoms with Gasteiger partial charge in [0.05, 0.1) is 13.1 Å². The summed E-state index contributed by atoms with van der Waals surface area (Å²) in [6.07, 6.45) is 3.30. The number of carbonyl (C=O) groups is 2. The molecule has 7 heteroatoms. The third-order valence-corrected chi connectivity index (χ3v) is 6.86. The average Bonchev–Trinajstić information content (AvgIpc) is 3.24. The lowest BCUT2D eigenvalue weighted by molar-refractivity contribution is -0.133. The van der Waals surface area contributed by atoms with Gasteiger partial charge in [0.1, 0.15) is 0 Å². The molecule has 7 nitrogen and oxygen atoms in total. The lowest BCUT2D eigenvalue weighted by Gasteiger charge is -2.37. The van der Waals surface area contributed by atoms with E-state index in [0.717, 1.165) is 84.7 Å². The van der Waals surface area contributed by atoms with E-state index in [9.17, 15) is 9.59 Å². The number of aryl methyl sites for hydroxylation is 1. The highest BCUT2D eigenvalue weighted by molar-refractivity contribution is 5.79. The number of carbonyl (C=O) groups excluding carboxylic acids is 2. The van der Waals surface area contributed by atoms with Crippen LogP contribution < -0.4 is 4.90 Å². The Bertz CT molecular complexity index is 756. The molecule has 31 heavy (non-hydrogen) atoms. The molecule has 3 aliphatic heterocycles. The monoisotopic (exact) mass is 427 g/mol. The Morgan fingerprint density at radius 1 is 0.710 bits per heavy atom. The first-order valence-electron chi connectivity index (χ1n) is 11.9. The topological polar surface area (TPSA) is 50.3 Å². The predicted molar refractivity (Wildman–Crippen MR) is 123 cm³/mol. The summed E-state index contributed by atoms with van der Waals surface area (Å²) in [5, 5.41) is 0. The molecule has 0 saturated carbocycles. The van der Waals surface area contributed by atoms with Gasteiger partial charge >= 0.3 is 0 Å². The largest absolute Gasteiger partial charge is 0.368 e. The molecule has 3 fully saturated rings. The van der Waals surface area contributed by atoms with Crippen LogP contribution in [0.4, 0.5) is 5.69 Å². The van der Waals surface area contributed by atoms with E-state index in [1.165, 1.54) is 11.3 Å². The van der Waals surface area contributed by atoms with Crippen molar-refractivity contribution in [2.45, 2.75) is 26.2 Å². The average molecular weight is 428 g/mol. The van der Waals surface area contributed by atoms with Crippen molar-refractivity contribution in [1.82, 2.24) is 19.6 Å². The van der Waals surface area contributed by atoms with Gasteiger partial charge in [-0.3, -0.25) is 19.4 Å². The van der Waals surface area contributed by atoms with Gasteiger partial charge in [-0.2, -0.15) is 0 Å². The maximum atomic E-state index is 12.9. The number of rotatable bonds is 5. The molecule has 0 bridgehead atoms. The maximum absolute atomic E-state index is 12.9. The Morgan fingerprint density at radius 2 is 1.29 bits per heavy atom. The molecule has 0 spiro atoms. The van der Waals surface area contributed by atoms with Crippen LogP contribution in [-0.2, 0) is 9.59 Å². The quantitative estimate of drug-likeness (QED) is 0.709. The van der Waals surface area contributed by atoms with Crippen molar-refractivity contribution >= 4 is 17.5 Å². The van der Waals surface area contributed by atoms with Crippen LogP contribution in [0, 0.1) is 6.92 Å². The zero-order valence-corrected chi connectivity index (χ0v) is 19.0. The third kappa shape index (κ3) is 5.98. The van der Waals surface area contributed by atoms with E-state index in [1.54, 1.807) is 0 Å². The van der Waals surface area contributed by atoms with Gasteiger partial charge < -0.3 is 14.7 Å². The van der Waals surface area contributed by atoms with Crippen molar-refractivity contribution in [2.75, 3.05) is 83.4 Å². The standard InChI is InChI=1S/C24H37N5O2/c1-21-6-4-7-22(18-21)27-14-16-29(17-15-27)24(31)20-26-9-5-8-25(12-13-26)19-23(30)28-10-2-3-11-28/h4,6-7,18H,2-3,5,8-17,19-20H2,1H3. The van der Waals surface area contributed by atoms with E-state index in [1.807, 2.05) is 9.80 Å². The van der Waals surface area contributed by atoms with Crippen LogP contribution in [0.5, 0.6) is 0 Å². The summed E-state index contributed by atoms with van der Waals surface area (Å²) in [7, 11) is 0. The van der Waals surface area contributed by atoms with Gasteiger partial charge in [0, 0.05) is 58.0 Å². The second-order valence-electron chi connectivity index (χ2n) is 9.20. The molecule has 1 aromatic carbocycles. The van der Waals surface area contributed by atoms with Crippen molar-refractivity contribution in [2.24, 2.45) is 0 Å². The molecule has 1 aromatic rings. The van der Waals surface area contributed by atoms with Crippen molar-refractivity contribution in [3.63, 3.8) is 0 Å². The summed E-state index contributed by atoms with van der Waals surface area (Å²) in [6, 6.07) is 8.59. The second-order valence-corrected chi connectivity index (χ2v) is 9.20. The number of amides is 2. The number of hydrogen-bond donors (Lipinski definition) is 0. The summed E-state index contributed by atoms with van der Waals surface area (Å²) in [4.78, 5) is 36.3. The fourth-order valence-corrected chi connectivity index (χ4v) is 4.93. The highest BCUT2D eigenvalue weighted by Gasteiger charge is 2.25. The molecule has 0 N–H and O–H groups in total. The summed E-state index contributed by atoms with van der Waals surface area (Å²) in [5.74, 6) is 0.513. The Morgan fingerprint density at radius 3 is 1.87 bits per heavy atom. The smallest absolute Gasteiger partial charge is 0.236 e. The second kappa shape index (κ2) is 10.5. The van der Waals surface area contributed by atoms with E-state index >= 15 is 0 Å². The first-order chi connectivity index (χ1) is 15.1. The van der Waals surface area contributed by atoms with Gasteiger partial charge in [-0.15, -0.1) is 0 Å². The van der Waals surface area contributed by atoms with E-state index < -0.39 is 0 Å². The van der Waals surface area contributed by atoms with E-state index in [2.05, 4.69) is 45.9 Å². The van der Waals surface area contributed by atoms with E-state index in [4.69, 9.17) is 0 Å². The summed E-state index contributed by atoms with van der Waals surface area (Å²) >= 11 is 0. The molecule has 0 unspecified atom stereocenters. The first kappa shape index (κ1) is 22.1. The van der Waals surface area contributed by atoms with Crippen LogP contribution in [0.1, 0.15) is 24.8 Å².